The van der Waals surface area contributed by atoms with Crippen LogP contribution in [0.25, 0.3) is 11.3 Å². The first-order valence-corrected chi connectivity index (χ1v) is 12.3. The molecule has 0 bridgehead atoms. The molecule has 1 saturated heterocycles. The van der Waals surface area contributed by atoms with Crippen molar-refractivity contribution >= 4 is 51.9 Å². The summed E-state index contributed by atoms with van der Waals surface area (Å²) < 4.78 is 0. The van der Waals surface area contributed by atoms with Crippen LogP contribution in [0.4, 0.5) is 23.1 Å². The Morgan fingerprint density at radius 1 is 1.18 bits per heavy atom. The minimum Gasteiger partial charge on any atom is -0.357 e. The average molecular weight is 494 g/mol. The van der Waals surface area contributed by atoms with Crippen molar-refractivity contribution in [2.75, 3.05) is 42.7 Å². The molecule has 7 nitrogen and oxygen atoms in total. The molecule has 1 fully saturated rings. The van der Waals surface area contributed by atoms with Crippen molar-refractivity contribution in [3.8, 4) is 11.3 Å². The summed E-state index contributed by atoms with van der Waals surface area (Å²) in [5.74, 6) is 1.51. The number of aromatic nitrogens is 3. The molecule has 0 atom stereocenters. The van der Waals surface area contributed by atoms with E-state index in [4.69, 9.17) is 33.8 Å². The van der Waals surface area contributed by atoms with E-state index in [9.17, 15) is 0 Å². The molecule has 2 aliphatic heterocycles. The Hall–Kier alpha value is -2.81. The maximum atomic E-state index is 6.21. The molecule has 0 amide bonds. The molecule has 176 valence electrons. The van der Waals surface area contributed by atoms with Crippen LogP contribution in [0.2, 0.25) is 5.02 Å². The fourth-order valence-electron chi connectivity index (χ4n) is 4.59. The topological polar surface area (TPSA) is 69.2 Å². The zero-order valence-electron chi connectivity index (χ0n) is 19.6. The van der Waals surface area contributed by atoms with E-state index in [0.717, 1.165) is 70.6 Å². The van der Waals surface area contributed by atoms with Crippen molar-refractivity contribution in [2.45, 2.75) is 32.2 Å². The Labute approximate surface area is 210 Å². The molecular formula is C25H28ClN7S. The fourth-order valence-corrected chi connectivity index (χ4v) is 5.03. The summed E-state index contributed by atoms with van der Waals surface area (Å²) in [5.41, 5.74) is 5.44. The van der Waals surface area contributed by atoms with Crippen molar-refractivity contribution < 1.29 is 0 Å². The zero-order chi connectivity index (χ0) is 23.8. The summed E-state index contributed by atoms with van der Waals surface area (Å²) in [4.78, 5) is 19.7. The third-order valence-electron chi connectivity index (χ3n) is 6.64. The summed E-state index contributed by atoms with van der Waals surface area (Å²) in [6.07, 6.45) is 4.73. The third-order valence-corrected chi connectivity index (χ3v) is 7.12. The van der Waals surface area contributed by atoms with Crippen LogP contribution < -0.4 is 15.5 Å². The standard InChI is InChI=1S/C25H28ClN7S/c1-15-20(6-7-22(28-15)33(3)18-8-10-32(2)11-9-18)30-25-27-14-16-12-23(34)29-21-13-17(26)4-5-19(21)24(16)31-25/h4-7,13-14,18H,8-12H2,1-3H3,(H,29,34)(H,27,30,31). The Kier molecular flexibility index (Phi) is 6.38. The van der Waals surface area contributed by atoms with Crippen LogP contribution in [-0.4, -0.2) is 58.1 Å². The minimum absolute atomic E-state index is 0.517. The van der Waals surface area contributed by atoms with Crippen molar-refractivity contribution in [1.82, 2.24) is 19.9 Å². The predicted octanol–water partition coefficient (Wildman–Crippen LogP) is 5.07. The van der Waals surface area contributed by atoms with Gasteiger partial charge in [-0.3, -0.25) is 0 Å². The van der Waals surface area contributed by atoms with Gasteiger partial charge in [0.1, 0.15) is 5.82 Å². The lowest BCUT2D eigenvalue weighted by molar-refractivity contribution is 0.252. The molecule has 2 N–H and O–H groups in total. The monoisotopic (exact) mass is 493 g/mol. The van der Waals surface area contributed by atoms with Gasteiger partial charge in [0.2, 0.25) is 5.95 Å². The maximum absolute atomic E-state index is 6.21. The summed E-state index contributed by atoms with van der Waals surface area (Å²) in [7, 11) is 4.32. The van der Waals surface area contributed by atoms with Gasteiger partial charge in [-0.15, -0.1) is 0 Å². The van der Waals surface area contributed by atoms with E-state index in [2.05, 4.69) is 51.6 Å². The number of nitrogens with one attached hydrogen (secondary N) is 2. The van der Waals surface area contributed by atoms with E-state index in [-0.39, 0.29) is 0 Å². The number of aryl methyl sites for hydroxylation is 1. The molecule has 2 aliphatic rings. The van der Waals surface area contributed by atoms with Gasteiger partial charge in [-0.25, -0.2) is 15.0 Å². The molecule has 34 heavy (non-hydrogen) atoms. The van der Waals surface area contributed by atoms with E-state index in [1.807, 2.05) is 31.3 Å². The van der Waals surface area contributed by atoms with Crippen molar-refractivity contribution in [3.63, 3.8) is 0 Å². The van der Waals surface area contributed by atoms with Crippen LogP contribution in [0.5, 0.6) is 0 Å². The lowest BCUT2D eigenvalue weighted by Crippen LogP contribution is -2.42. The molecule has 0 aliphatic carbocycles. The fraction of sp³-hybridized carbons (Fsp3) is 0.360. The molecular weight excluding hydrogens is 466 g/mol. The van der Waals surface area contributed by atoms with Crippen LogP contribution in [0.3, 0.4) is 0 Å². The summed E-state index contributed by atoms with van der Waals surface area (Å²) in [6, 6.07) is 10.3. The zero-order valence-corrected chi connectivity index (χ0v) is 21.2. The Balaban J connectivity index is 1.39. The van der Waals surface area contributed by atoms with Gasteiger partial charge in [0, 0.05) is 47.5 Å². The number of pyridine rings is 1. The number of likely N-dealkylation sites (tertiary alicyclic amines) is 1. The van der Waals surface area contributed by atoms with Gasteiger partial charge in [0.05, 0.1) is 22.1 Å². The van der Waals surface area contributed by atoms with Gasteiger partial charge in [0.15, 0.2) is 0 Å². The summed E-state index contributed by atoms with van der Waals surface area (Å²) in [5, 5.41) is 7.28. The van der Waals surface area contributed by atoms with Gasteiger partial charge in [0.25, 0.3) is 0 Å². The number of nitrogens with zero attached hydrogens (tertiary/aromatic N) is 5. The Morgan fingerprint density at radius 2 is 1.97 bits per heavy atom. The highest BCUT2D eigenvalue weighted by atomic mass is 35.5. The number of hydrogen-bond acceptors (Lipinski definition) is 7. The van der Waals surface area contributed by atoms with Gasteiger partial charge in [-0.05, 0) is 70.2 Å². The normalized spacial score (nSPS) is 16.3. The van der Waals surface area contributed by atoms with E-state index in [1.54, 1.807) is 0 Å². The SMILES string of the molecule is Cc1nc(N(C)C2CCN(C)CC2)ccc1Nc1ncc2c(n1)-c1ccc(Cl)cc1NC(=S)C2. The van der Waals surface area contributed by atoms with Crippen LogP contribution in [0.15, 0.2) is 36.5 Å². The molecule has 5 rings (SSSR count). The van der Waals surface area contributed by atoms with E-state index in [1.165, 1.54) is 0 Å². The van der Waals surface area contributed by atoms with Crippen molar-refractivity contribution in [2.24, 2.45) is 0 Å². The first-order valence-electron chi connectivity index (χ1n) is 11.5. The molecule has 4 heterocycles. The number of piperidine rings is 1. The molecule has 1 aromatic carbocycles. The molecule has 0 radical (unpaired) electrons. The molecule has 0 unspecified atom stereocenters. The Morgan fingerprint density at radius 3 is 2.74 bits per heavy atom. The molecule has 3 aromatic rings. The van der Waals surface area contributed by atoms with Crippen LogP contribution >= 0.6 is 23.8 Å². The lowest BCUT2D eigenvalue weighted by atomic mass is 10.0. The second-order valence-electron chi connectivity index (χ2n) is 9.06. The third kappa shape index (κ3) is 4.71. The quantitative estimate of drug-likeness (QED) is 0.488. The number of halogens is 1. The first kappa shape index (κ1) is 23.0. The van der Waals surface area contributed by atoms with E-state index in [0.29, 0.717) is 23.4 Å². The number of benzene rings is 1. The first-order chi connectivity index (χ1) is 16.4. The molecule has 9 heteroatoms. The van der Waals surface area contributed by atoms with Gasteiger partial charge >= 0.3 is 0 Å². The summed E-state index contributed by atoms with van der Waals surface area (Å²) in [6.45, 7) is 4.26. The molecule has 0 saturated carbocycles. The van der Waals surface area contributed by atoms with Crippen LogP contribution in [0, 0.1) is 6.92 Å². The lowest BCUT2D eigenvalue weighted by Gasteiger charge is -2.35. The van der Waals surface area contributed by atoms with Gasteiger partial charge < -0.3 is 20.4 Å². The average Bonchev–Trinajstić information content (AvgIpc) is 2.95. The number of thiocarbonyl (C=S) groups is 1. The Bertz CT molecular complexity index is 1240. The van der Waals surface area contributed by atoms with E-state index < -0.39 is 0 Å². The van der Waals surface area contributed by atoms with Gasteiger partial charge in [-0.1, -0.05) is 23.8 Å². The predicted molar refractivity (Wildman–Crippen MR) is 144 cm³/mol. The largest absolute Gasteiger partial charge is 0.357 e. The highest BCUT2D eigenvalue weighted by Crippen LogP contribution is 2.35. The van der Waals surface area contributed by atoms with Gasteiger partial charge in [-0.2, -0.15) is 0 Å². The number of anilines is 4. The van der Waals surface area contributed by atoms with Crippen LogP contribution in [-0.2, 0) is 6.42 Å². The number of fused-ring (bicyclic) bond motifs is 3. The highest BCUT2D eigenvalue weighted by molar-refractivity contribution is 7.80. The number of hydrogen-bond donors (Lipinski definition) is 2. The van der Waals surface area contributed by atoms with Crippen LogP contribution in [0.1, 0.15) is 24.1 Å². The smallest absolute Gasteiger partial charge is 0.227 e. The van der Waals surface area contributed by atoms with Crippen molar-refractivity contribution in [1.29, 1.82) is 0 Å². The molecule has 2 aromatic heterocycles. The van der Waals surface area contributed by atoms with Crippen molar-refractivity contribution in [3.05, 3.63) is 52.8 Å². The molecule has 0 spiro atoms. The van der Waals surface area contributed by atoms with E-state index >= 15 is 0 Å². The highest BCUT2D eigenvalue weighted by Gasteiger charge is 2.23. The second-order valence-corrected chi connectivity index (χ2v) is 9.98. The number of rotatable bonds is 4. The minimum atomic E-state index is 0.517. The summed E-state index contributed by atoms with van der Waals surface area (Å²) >= 11 is 11.7. The second kappa shape index (κ2) is 9.44. The maximum Gasteiger partial charge on any atom is 0.227 e.